The molecule has 0 bridgehead atoms. The molecule has 1 unspecified atom stereocenters. The Bertz CT molecular complexity index is 421. The third kappa shape index (κ3) is 2.59. The average Bonchev–Trinajstić information content (AvgIpc) is 2.34. The van der Waals surface area contributed by atoms with Crippen LogP contribution >= 0.6 is 0 Å². The summed E-state index contributed by atoms with van der Waals surface area (Å²) in [6, 6.07) is 2.75. The van der Waals surface area contributed by atoms with Crippen LogP contribution in [0.2, 0.25) is 0 Å². The summed E-state index contributed by atoms with van der Waals surface area (Å²) >= 11 is 0. The molecule has 0 saturated carbocycles. The number of aromatic nitrogens is 1. The van der Waals surface area contributed by atoms with E-state index in [0.29, 0.717) is 6.54 Å². The minimum atomic E-state index is -0.821. The van der Waals surface area contributed by atoms with Crippen LogP contribution in [-0.2, 0) is 16.1 Å². The molecule has 6 nitrogen and oxygen atoms in total. The highest BCUT2D eigenvalue weighted by atomic mass is 16.3. The van der Waals surface area contributed by atoms with Crippen molar-refractivity contribution in [3.05, 3.63) is 30.1 Å². The Hall–Kier alpha value is -1.95. The number of aliphatic hydroxyl groups is 1. The Labute approximate surface area is 98.3 Å². The van der Waals surface area contributed by atoms with Crippen molar-refractivity contribution < 1.29 is 14.7 Å². The first-order chi connectivity index (χ1) is 8.20. The molecule has 0 aliphatic carbocycles. The van der Waals surface area contributed by atoms with E-state index in [1.165, 1.54) is 4.90 Å². The Balaban J connectivity index is 2.09. The Kier molecular flexibility index (Phi) is 3.34. The van der Waals surface area contributed by atoms with Crippen LogP contribution in [0.3, 0.4) is 0 Å². The van der Waals surface area contributed by atoms with Crippen molar-refractivity contribution in [3.63, 3.8) is 0 Å². The normalized spacial score (nSPS) is 20.3. The van der Waals surface area contributed by atoms with Crippen molar-refractivity contribution in [2.45, 2.75) is 12.6 Å². The van der Waals surface area contributed by atoms with Crippen molar-refractivity contribution in [2.75, 3.05) is 13.2 Å². The molecule has 1 aliphatic heterocycles. The van der Waals surface area contributed by atoms with E-state index >= 15 is 0 Å². The monoisotopic (exact) mass is 235 g/mol. The lowest BCUT2D eigenvalue weighted by Crippen LogP contribution is -2.58. The Morgan fingerprint density at radius 3 is 2.76 bits per heavy atom. The number of piperazine rings is 1. The summed E-state index contributed by atoms with van der Waals surface area (Å²) in [5.41, 5.74) is 0.903. The van der Waals surface area contributed by atoms with Crippen molar-refractivity contribution in [1.29, 1.82) is 0 Å². The van der Waals surface area contributed by atoms with Gasteiger partial charge in [-0.2, -0.15) is 0 Å². The molecular weight excluding hydrogens is 222 g/mol. The van der Waals surface area contributed by atoms with Gasteiger partial charge >= 0.3 is 0 Å². The van der Waals surface area contributed by atoms with E-state index in [2.05, 4.69) is 10.3 Å². The summed E-state index contributed by atoms with van der Waals surface area (Å²) in [6.45, 7) is 0.000345. The van der Waals surface area contributed by atoms with Crippen LogP contribution in [0.25, 0.3) is 0 Å². The van der Waals surface area contributed by atoms with Gasteiger partial charge in [-0.05, 0) is 17.7 Å². The fraction of sp³-hybridized carbons (Fsp3) is 0.364. The van der Waals surface area contributed by atoms with Gasteiger partial charge in [0.1, 0.15) is 6.04 Å². The maximum atomic E-state index is 11.8. The minimum absolute atomic E-state index is 0.0255. The zero-order valence-electron chi connectivity index (χ0n) is 9.17. The first-order valence-electron chi connectivity index (χ1n) is 5.28. The fourth-order valence-electron chi connectivity index (χ4n) is 1.74. The smallest absolute Gasteiger partial charge is 0.248 e. The molecule has 1 atom stereocenters. The lowest BCUT2D eigenvalue weighted by atomic mass is 10.1. The number of nitrogens with one attached hydrogen (secondary N) is 1. The fourth-order valence-corrected chi connectivity index (χ4v) is 1.74. The van der Waals surface area contributed by atoms with Crippen LogP contribution in [0.1, 0.15) is 5.56 Å². The number of hydrogen-bond acceptors (Lipinski definition) is 4. The quantitative estimate of drug-likeness (QED) is 0.696. The maximum Gasteiger partial charge on any atom is 0.248 e. The van der Waals surface area contributed by atoms with E-state index in [-0.39, 0.29) is 25.0 Å². The summed E-state index contributed by atoms with van der Waals surface area (Å²) < 4.78 is 0. The number of carbonyl (C=O) groups excluding carboxylic acids is 2. The van der Waals surface area contributed by atoms with Gasteiger partial charge in [-0.25, -0.2) is 0 Å². The van der Waals surface area contributed by atoms with Gasteiger partial charge in [0.2, 0.25) is 11.8 Å². The molecule has 2 heterocycles. The summed E-state index contributed by atoms with van der Waals surface area (Å²) in [7, 11) is 0. The standard InChI is InChI=1S/C11H13N3O3/c15-7-9-11(17)14(6-10(16)13-9)5-8-1-3-12-4-2-8/h1-4,9,15H,5-7H2,(H,13,16). The number of hydrogen-bond donors (Lipinski definition) is 2. The molecule has 1 aromatic rings. The average molecular weight is 235 g/mol. The zero-order chi connectivity index (χ0) is 12.3. The van der Waals surface area contributed by atoms with Gasteiger partial charge in [0, 0.05) is 18.9 Å². The molecule has 1 fully saturated rings. The van der Waals surface area contributed by atoms with E-state index in [9.17, 15) is 9.59 Å². The summed E-state index contributed by atoms with van der Waals surface area (Å²) in [4.78, 5) is 28.5. The first-order valence-corrected chi connectivity index (χ1v) is 5.28. The number of aliphatic hydroxyl groups excluding tert-OH is 1. The minimum Gasteiger partial charge on any atom is -0.394 e. The van der Waals surface area contributed by atoms with Gasteiger partial charge in [-0.3, -0.25) is 14.6 Å². The van der Waals surface area contributed by atoms with E-state index in [1.54, 1.807) is 24.5 Å². The van der Waals surface area contributed by atoms with Crippen LogP contribution in [0.4, 0.5) is 0 Å². The SMILES string of the molecule is O=C1CN(Cc2ccncc2)C(=O)C(CO)N1. The second-order valence-corrected chi connectivity index (χ2v) is 3.85. The number of amides is 2. The lowest BCUT2D eigenvalue weighted by molar-refractivity contribution is -0.145. The zero-order valence-corrected chi connectivity index (χ0v) is 9.17. The van der Waals surface area contributed by atoms with E-state index in [1.807, 2.05) is 0 Å². The van der Waals surface area contributed by atoms with Crippen molar-refractivity contribution in [2.24, 2.45) is 0 Å². The molecule has 6 heteroatoms. The topological polar surface area (TPSA) is 82.5 Å². The van der Waals surface area contributed by atoms with Crippen LogP contribution in [-0.4, -0.2) is 46.0 Å². The van der Waals surface area contributed by atoms with Gasteiger partial charge in [-0.1, -0.05) is 0 Å². The first kappa shape index (κ1) is 11.5. The molecule has 0 radical (unpaired) electrons. The van der Waals surface area contributed by atoms with E-state index < -0.39 is 6.04 Å². The van der Waals surface area contributed by atoms with Gasteiger partial charge in [0.05, 0.1) is 13.2 Å². The highest BCUT2D eigenvalue weighted by molar-refractivity contribution is 5.94. The van der Waals surface area contributed by atoms with Gasteiger partial charge < -0.3 is 15.3 Å². The highest BCUT2D eigenvalue weighted by Crippen LogP contribution is 2.08. The molecule has 2 rings (SSSR count). The van der Waals surface area contributed by atoms with Crippen LogP contribution in [0, 0.1) is 0 Å². The second kappa shape index (κ2) is 4.92. The van der Waals surface area contributed by atoms with Gasteiger partial charge in [-0.15, -0.1) is 0 Å². The van der Waals surface area contributed by atoms with Crippen molar-refractivity contribution >= 4 is 11.8 Å². The summed E-state index contributed by atoms with van der Waals surface area (Å²) in [5.74, 6) is -0.512. The summed E-state index contributed by atoms with van der Waals surface area (Å²) in [5, 5.41) is 11.4. The van der Waals surface area contributed by atoms with E-state index in [4.69, 9.17) is 5.11 Å². The van der Waals surface area contributed by atoms with E-state index in [0.717, 1.165) is 5.56 Å². The lowest BCUT2D eigenvalue weighted by Gasteiger charge is -2.31. The Morgan fingerprint density at radius 2 is 2.12 bits per heavy atom. The largest absolute Gasteiger partial charge is 0.394 e. The van der Waals surface area contributed by atoms with Gasteiger partial charge in [0.15, 0.2) is 0 Å². The number of pyridine rings is 1. The molecule has 1 saturated heterocycles. The maximum absolute atomic E-state index is 11.8. The van der Waals surface area contributed by atoms with Crippen LogP contribution in [0.5, 0.6) is 0 Å². The third-order valence-corrected chi connectivity index (χ3v) is 2.58. The molecule has 2 amide bonds. The predicted molar refractivity (Wildman–Crippen MR) is 58.7 cm³/mol. The van der Waals surface area contributed by atoms with Gasteiger partial charge in [0.25, 0.3) is 0 Å². The van der Waals surface area contributed by atoms with Crippen LogP contribution in [0.15, 0.2) is 24.5 Å². The number of carbonyl (C=O) groups is 2. The number of nitrogens with zero attached hydrogens (tertiary/aromatic N) is 2. The predicted octanol–water partition coefficient (Wildman–Crippen LogP) is -1.10. The molecular formula is C11H13N3O3. The summed E-state index contributed by atoms with van der Waals surface area (Å²) in [6.07, 6.45) is 3.26. The van der Waals surface area contributed by atoms with Crippen molar-refractivity contribution in [1.82, 2.24) is 15.2 Å². The molecule has 0 spiro atoms. The molecule has 2 N–H and O–H groups in total. The molecule has 17 heavy (non-hydrogen) atoms. The molecule has 1 aromatic heterocycles. The molecule has 90 valence electrons. The molecule has 1 aliphatic rings. The van der Waals surface area contributed by atoms with Crippen molar-refractivity contribution in [3.8, 4) is 0 Å². The highest BCUT2D eigenvalue weighted by Gasteiger charge is 2.31. The Morgan fingerprint density at radius 1 is 1.41 bits per heavy atom. The third-order valence-electron chi connectivity index (χ3n) is 2.58. The number of rotatable bonds is 3. The molecule has 0 aromatic carbocycles. The van der Waals surface area contributed by atoms with Crippen LogP contribution < -0.4 is 5.32 Å². The second-order valence-electron chi connectivity index (χ2n) is 3.85.